The Labute approximate surface area is 256 Å². The molecule has 0 saturated carbocycles. The number of aliphatic carboxylic acids is 1. The van der Waals surface area contributed by atoms with Gasteiger partial charge < -0.3 is 25.1 Å². The Balaban J connectivity index is 1.64. The number of anilines is 1. The largest absolute Gasteiger partial charge is 0.493 e. The number of carboxylic acid groups (broad SMARTS) is 1. The fraction of sp³-hybridized carbons (Fsp3) is 0.212. The number of primary amides is 1. The quantitative estimate of drug-likeness (QED) is 0.195. The van der Waals surface area contributed by atoms with E-state index in [1.165, 1.54) is 50.7 Å². The third-order valence-electron chi connectivity index (χ3n) is 7.71. The summed E-state index contributed by atoms with van der Waals surface area (Å²) in [6.45, 7) is 3.41. The van der Waals surface area contributed by atoms with Crippen molar-refractivity contribution in [1.82, 2.24) is 4.98 Å². The van der Waals surface area contributed by atoms with Gasteiger partial charge in [-0.05, 0) is 65.6 Å². The topological polar surface area (TPSA) is 141 Å². The number of halogens is 2. The molecule has 1 aliphatic heterocycles. The molecule has 1 aliphatic rings. The number of benzene rings is 3. The van der Waals surface area contributed by atoms with Crippen LogP contribution >= 0.6 is 0 Å². The molecule has 0 spiro atoms. The van der Waals surface area contributed by atoms with Crippen molar-refractivity contribution in [1.29, 1.82) is 0 Å². The van der Waals surface area contributed by atoms with Gasteiger partial charge in [0.2, 0.25) is 5.91 Å². The number of aromatic nitrogens is 1. The molecule has 3 N–H and O–H groups in total. The zero-order chi connectivity index (χ0) is 32.6. The van der Waals surface area contributed by atoms with E-state index < -0.39 is 46.8 Å². The molecule has 5 rings (SSSR count). The van der Waals surface area contributed by atoms with E-state index in [0.717, 1.165) is 29.2 Å². The molecule has 3 aromatic carbocycles. The maximum atomic E-state index is 15.8. The summed E-state index contributed by atoms with van der Waals surface area (Å²) in [5, 5.41) is 11.1. The van der Waals surface area contributed by atoms with E-state index >= 15 is 4.39 Å². The standard InChI is InChI=1S/C33H29F2N3O7/c1-17(2)22-16-33(32(41)42,31(40)38(29(22)30(36)39)20-8-6-19(34)7-9-20)18-5-10-26(23(35)13-18)45-25-11-12-37-24-15-28(44-4)27(43-3)14-21(24)25/h5-17,29H,1-4H3,(H2,36,39)(H,41,42). The van der Waals surface area contributed by atoms with E-state index in [2.05, 4.69) is 4.98 Å². The third kappa shape index (κ3) is 5.28. The van der Waals surface area contributed by atoms with Gasteiger partial charge in [-0.1, -0.05) is 26.0 Å². The van der Waals surface area contributed by atoms with Crippen molar-refractivity contribution in [3.05, 3.63) is 95.7 Å². The molecule has 1 aromatic heterocycles. The van der Waals surface area contributed by atoms with Gasteiger partial charge in [-0.15, -0.1) is 0 Å². The molecule has 10 nitrogen and oxygen atoms in total. The van der Waals surface area contributed by atoms with E-state index in [1.54, 1.807) is 26.0 Å². The zero-order valence-corrected chi connectivity index (χ0v) is 24.7. The number of carbonyl (C=O) groups excluding carboxylic acids is 2. The van der Waals surface area contributed by atoms with Crippen molar-refractivity contribution >= 4 is 34.4 Å². The van der Waals surface area contributed by atoms with Gasteiger partial charge in [0.05, 0.1) is 19.7 Å². The van der Waals surface area contributed by atoms with Crippen molar-refractivity contribution in [3.8, 4) is 23.0 Å². The van der Waals surface area contributed by atoms with Crippen LogP contribution in [-0.4, -0.2) is 48.1 Å². The Morgan fingerprint density at radius 1 is 0.956 bits per heavy atom. The fourth-order valence-electron chi connectivity index (χ4n) is 5.46. The Kier molecular flexibility index (Phi) is 8.16. The first-order valence-electron chi connectivity index (χ1n) is 13.8. The molecule has 2 amide bonds. The lowest BCUT2D eigenvalue weighted by atomic mass is 9.71. The minimum Gasteiger partial charge on any atom is -0.493 e. The first kappa shape index (κ1) is 30.9. The molecule has 2 unspecified atom stereocenters. The SMILES string of the molecule is COc1cc2nccc(Oc3ccc(C4(C(=O)O)C=C(C(C)C)C(C(N)=O)N(c5ccc(F)cc5)C4=O)cc3F)c2cc1OC. The summed E-state index contributed by atoms with van der Waals surface area (Å²) in [5.41, 5.74) is 3.77. The van der Waals surface area contributed by atoms with Gasteiger partial charge in [0.25, 0.3) is 5.91 Å². The lowest BCUT2D eigenvalue weighted by Crippen LogP contribution is -2.62. The van der Waals surface area contributed by atoms with Crippen molar-refractivity contribution < 1.29 is 42.5 Å². The van der Waals surface area contributed by atoms with E-state index in [0.29, 0.717) is 22.4 Å². The lowest BCUT2D eigenvalue weighted by molar-refractivity contribution is -0.147. The molecule has 0 fully saturated rings. The second-order valence-corrected chi connectivity index (χ2v) is 10.6. The first-order chi connectivity index (χ1) is 21.4. The number of methoxy groups -OCH3 is 2. The van der Waals surface area contributed by atoms with Crippen LogP contribution in [0.5, 0.6) is 23.0 Å². The third-order valence-corrected chi connectivity index (χ3v) is 7.71. The number of hydrogen-bond acceptors (Lipinski definition) is 7. The normalized spacial score (nSPS) is 18.1. The molecule has 0 aliphatic carbocycles. The highest BCUT2D eigenvalue weighted by atomic mass is 19.1. The van der Waals surface area contributed by atoms with E-state index in [-0.39, 0.29) is 28.3 Å². The maximum Gasteiger partial charge on any atom is 0.327 e. The predicted octanol–water partition coefficient (Wildman–Crippen LogP) is 5.13. The summed E-state index contributed by atoms with van der Waals surface area (Å²) < 4.78 is 46.2. The highest BCUT2D eigenvalue weighted by Crippen LogP contribution is 2.43. The molecular formula is C33H29F2N3O7. The van der Waals surface area contributed by atoms with E-state index in [9.17, 15) is 23.9 Å². The highest BCUT2D eigenvalue weighted by molar-refractivity contribution is 6.20. The summed E-state index contributed by atoms with van der Waals surface area (Å²) in [6, 6.07) is 11.4. The second-order valence-electron chi connectivity index (χ2n) is 10.6. The Morgan fingerprint density at radius 2 is 1.62 bits per heavy atom. The summed E-state index contributed by atoms with van der Waals surface area (Å²) in [5.74, 6) is -4.85. The number of nitrogens with two attached hydrogens (primary N) is 1. The van der Waals surface area contributed by atoms with Crippen LogP contribution in [0.25, 0.3) is 10.9 Å². The minimum atomic E-state index is -2.47. The molecule has 0 radical (unpaired) electrons. The number of amides is 2. The molecule has 12 heteroatoms. The molecule has 232 valence electrons. The summed E-state index contributed by atoms with van der Waals surface area (Å²) >= 11 is 0. The van der Waals surface area contributed by atoms with Crippen LogP contribution in [0.15, 0.2) is 78.5 Å². The zero-order valence-electron chi connectivity index (χ0n) is 24.7. The molecule has 2 atom stereocenters. The Morgan fingerprint density at radius 3 is 2.20 bits per heavy atom. The Hall–Kier alpha value is -5.52. The van der Waals surface area contributed by atoms with Crippen LogP contribution in [-0.2, 0) is 19.8 Å². The van der Waals surface area contributed by atoms with Crippen LogP contribution in [0.2, 0.25) is 0 Å². The van der Waals surface area contributed by atoms with Gasteiger partial charge in [-0.2, -0.15) is 0 Å². The molecule has 0 saturated heterocycles. The number of carbonyl (C=O) groups is 3. The minimum absolute atomic E-state index is 0.0409. The molecule has 0 bridgehead atoms. The highest BCUT2D eigenvalue weighted by Gasteiger charge is 2.55. The lowest BCUT2D eigenvalue weighted by Gasteiger charge is -2.43. The summed E-state index contributed by atoms with van der Waals surface area (Å²) in [4.78, 5) is 45.2. The van der Waals surface area contributed by atoms with Crippen molar-refractivity contribution in [3.63, 3.8) is 0 Å². The number of nitrogens with zero attached hydrogens (tertiary/aromatic N) is 2. The maximum absolute atomic E-state index is 15.8. The molecule has 2 heterocycles. The smallest absolute Gasteiger partial charge is 0.327 e. The Bertz CT molecular complexity index is 1860. The van der Waals surface area contributed by atoms with Gasteiger partial charge in [-0.25, -0.2) is 8.78 Å². The number of ether oxygens (including phenoxy) is 3. The summed E-state index contributed by atoms with van der Waals surface area (Å²) in [7, 11) is 2.94. The monoisotopic (exact) mass is 617 g/mol. The number of fused-ring (bicyclic) bond motifs is 1. The number of hydrogen-bond donors (Lipinski definition) is 2. The molecular weight excluding hydrogens is 588 g/mol. The fourth-order valence-corrected chi connectivity index (χ4v) is 5.46. The van der Waals surface area contributed by atoms with Crippen molar-refractivity contribution in [2.24, 2.45) is 11.7 Å². The van der Waals surface area contributed by atoms with Gasteiger partial charge >= 0.3 is 5.97 Å². The molecule has 4 aromatic rings. The number of rotatable bonds is 9. The van der Waals surface area contributed by atoms with Crippen molar-refractivity contribution in [2.75, 3.05) is 19.1 Å². The molecule has 45 heavy (non-hydrogen) atoms. The van der Waals surface area contributed by atoms with Crippen LogP contribution < -0.4 is 24.8 Å². The van der Waals surface area contributed by atoms with E-state index in [4.69, 9.17) is 19.9 Å². The van der Waals surface area contributed by atoms with Gasteiger partial charge in [-0.3, -0.25) is 24.3 Å². The predicted molar refractivity (Wildman–Crippen MR) is 160 cm³/mol. The first-order valence-corrected chi connectivity index (χ1v) is 13.8. The number of carboxylic acids is 1. The average molecular weight is 618 g/mol. The summed E-state index contributed by atoms with van der Waals surface area (Å²) in [6.07, 6.45) is 2.62. The van der Waals surface area contributed by atoms with Gasteiger partial charge in [0, 0.05) is 23.3 Å². The van der Waals surface area contributed by atoms with Crippen LogP contribution in [0, 0.1) is 17.6 Å². The van der Waals surface area contributed by atoms with Gasteiger partial charge in [0.15, 0.2) is 28.5 Å². The number of pyridine rings is 1. The second kappa shape index (κ2) is 11.9. The van der Waals surface area contributed by atoms with Gasteiger partial charge in [0.1, 0.15) is 17.6 Å². The van der Waals surface area contributed by atoms with Crippen molar-refractivity contribution in [2.45, 2.75) is 25.3 Å². The average Bonchev–Trinajstić information content (AvgIpc) is 3.01. The van der Waals surface area contributed by atoms with E-state index in [1.807, 2.05) is 0 Å². The van der Waals surface area contributed by atoms with Crippen LogP contribution in [0.3, 0.4) is 0 Å². The van der Waals surface area contributed by atoms with Crippen LogP contribution in [0.1, 0.15) is 19.4 Å². The van der Waals surface area contributed by atoms with Crippen LogP contribution in [0.4, 0.5) is 14.5 Å².